The molecule has 0 aliphatic carbocycles. The van der Waals surface area contributed by atoms with Gasteiger partial charge in [0.05, 0.1) is 11.1 Å². The summed E-state index contributed by atoms with van der Waals surface area (Å²) in [7, 11) is 0. The molecule has 0 spiro atoms. The number of ether oxygens (including phenoxy) is 1. The predicted molar refractivity (Wildman–Crippen MR) is 153 cm³/mol. The number of rotatable bonds is 7. The monoisotopic (exact) mass is 571 g/mol. The molecule has 9 heteroatoms. The topological polar surface area (TPSA) is 96.0 Å². The number of likely N-dealkylation sites (tertiary alicyclic amines) is 1. The van der Waals surface area contributed by atoms with Crippen LogP contribution in [0.1, 0.15) is 69.0 Å². The standard InChI is InChI=1S/C32H30ClN3O5/c33-24-10-8-22(9-11-24)23-14-16-35(17-15-23)18-20-4-6-21(7-5-20)19-41-27-3-1-2-25-29(27)32(40)36(31(25)39)26-12-13-28(37)34-30(26)38/h1-11,23,26H,12-19H2,(H,34,37,38). The van der Waals surface area contributed by atoms with Crippen LogP contribution in [-0.4, -0.2) is 52.6 Å². The predicted octanol–water partition coefficient (Wildman–Crippen LogP) is 4.70. The molecular formula is C32H30ClN3O5. The van der Waals surface area contributed by atoms with Crippen LogP contribution >= 0.6 is 11.6 Å². The van der Waals surface area contributed by atoms with Crippen molar-refractivity contribution >= 4 is 35.2 Å². The van der Waals surface area contributed by atoms with E-state index in [9.17, 15) is 19.2 Å². The van der Waals surface area contributed by atoms with E-state index in [1.54, 1.807) is 18.2 Å². The molecule has 3 aromatic carbocycles. The Hall–Kier alpha value is -4.01. The van der Waals surface area contributed by atoms with Crippen LogP contribution in [0.3, 0.4) is 0 Å². The number of halogens is 1. The smallest absolute Gasteiger partial charge is 0.266 e. The second-order valence-corrected chi connectivity index (χ2v) is 11.3. The number of amides is 4. The second kappa shape index (κ2) is 11.5. The molecule has 6 rings (SSSR count). The molecule has 2 fully saturated rings. The molecule has 2 saturated heterocycles. The van der Waals surface area contributed by atoms with E-state index in [1.165, 1.54) is 11.1 Å². The molecule has 8 nitrogen and oxygen atoms in total. The third-order valence-electron chi connectivity index (χ3n) is 8.18. The van der Waals surface area contributed by atoms with Gasteiger partial charge in [-0.05, 0) is 79.2 Å². The van der Waals surface area contributed by atoms with Gasteiger partial charge in [0.2, 0.25) is 11.8 Å². The molecule has 3 aromatic rings. The fourth-order valence-electron chi connectivity index (χ4n) is 5.92. The van der Waals surface area contributed by atoms with Gasteiger partial charge in [0, 0.05) is 18.0 Å². The highest BCUT2D eigenvalue weighted by atomic mass is 35.5. The Balaban J connectivity index is 1.05. The van der Waals surface area contributed by atoms with E-state index in [-0.39, 0.29) is 30.6 Å². The van der Waals surface area contributed by atoms with E-state index in [1.807, 2.05) is 24.3 Å². The summed E-state index contributed by atoms with van der Waals surface area (Å²) in [6.07, 6.45) is 2.43. The minimum Gasteiger partial charge on any atom is -0.488 e. The highest BCUT2D eigenvalue weighted by molar-refractivity contribution is 6.30. The zero-order chi connectivity index (χ0) is 28.5. The normalized spacial score (nSPS) is 19.8. The average molecular weight is 572 g/mol. The quantitative estimate of drug-likeness (QED) is 0.413. The maximum absolute atomic E-state index is 13.3. The third kappa shape index (κ3) is 5.62. The Kier molecular flexibility index (Phi) is 7.60. The van der Waals surface area contributed by atoms with E-state index >= 15 is 0 Å². The molecule has 1 unspecified atom stereocenters. The first-order valence-corrected chi connectivity index (χ1v) is 14.3. The lowest BCUT2D eigenvalue weighted by atomic mass is 9.89. The van der Waals surface area contributed by atoms with Crippen molar-refractivity contribution < 1.29 is 23.9 Å². The molecule has 0 aromatic heterocycles. The lowest BCUT2D eigenvalue weighted by Gasteiger charge is -2.32. The highest BCUT2D eigenvalue weighted by Crippen LogP contribution is 2.34. The van der Waals surface area contributed by atoms with Crippen LogP contribution in [0.5, 0.6) is 5.75 Å². The van der Waals surface area contributed by atoms with Gasteiger partial charge in [0.1, 0.15) is 18.4 Å². The molecule has 3 heterocycles. The van der Waals surface area contributed by atoms with Gasteiger partial charge in [-0.1, -0.05) is 54.1 Å². The van der Waals surface area contributed by atoms with Crippen molar-refractivity contribution in [2.75, 3.05) is 13.1 Å². The summed E-state index contributed by atoms with van der Waals surface area (Å²) >= 11 is 6.04. The second-order valence-electron chi connectivity index (χ2n) is 10.8. The Bertz CT molecular complexity index is 1500. The molecular weight excluding hydrogens is 542 g/mol. The summed E-state index contributed by atoms with van der Waals surface area (Å²) in [5.74, 6) is -1.30. The Morgan fingerprint density at radius 1 is 0.829 bits per heavy atom. The Labute approximate surface area is 243 Å². The first-order chi connectivity index (χ1) is 19.9. The molecule has 210 valence electrons. The van der Waals surface area contributed by atoms with Gasteiger partial charge >= 0.3 is 0 Å². The maximum atomic E-state index is 13.3. The first kappa shape index (κ1) is 27.2. The van der Waals surface area contributed by atoms with E-state index < -0.39 is 29.7 Å². The molecule has 1 atom stereocenters. The number of carbonyl (C=O) groups excluding carboxylic acids is 4. The number of nitrogens with zero attached hydrogens (tertiary/aromatic N) is 2. The van der Waals surface area contributed by atoms with Gasteiger partial charge in [0.15, 0.2) is 0 Å². The SMILES string of the molecule is O=C1CCC(N2C(=O)c3cccc(OCc4ccc(CN5CCC(c6ccc(Cl)cc6)CC5)cc4)c3C2=O)C(=O)N1. The fraction of sp³-hybridized carbons (Fsp3) is 0.312. The minimum atomic E-state index is -1.01. The molecule has 1 N–H and O–H groups in total. The maximum Gasteiger partial charge on any atom is 0.266 e. The van der Waals surface area contributed by atoms with Gasteiger partial charge in [-0.25, -0.2) is 0 Å². The van der Waals surface area contributed by atoms with E-state index in [0.717, 1.165) is 48.0 Å². The molecule has 41 heavy (non-hydrogen) atoms. The van der Waals surface area contributed by atoms with Gasteiger partial charge in [-0.3, -0.25) is 34.3 Å². The fourth-order valence-corrected chi connectivity index (χ4v) is 6.05. The van der Waals surface area contributed by atoms with Gasteiger partial charge in [-0.15, -0.1) is 0 Å². The average Bonchev–Trinajstić information content (AvgIpc) is 3.23. The van der Waals surface area contributed by atoms with Gasteiger partial charge in [-0.2, -0.15) is 0 Å². The highest BCUT2D eigenvalue weighted by Gasteiger charge is 2.46. The van der Waals surface area contributed by atoms with Crippen molar-refractivity contribution in [3.63, 3.8) is 0 Å². The number of hydrogen-bond donors (Lipinski definition) is 1. The van der Waals surface area contributed by atoms with E-state index in [0.29, 0.717) is 11.7 Å². The number of nitrogens with one attached hydrogen (secondary N) is 1. The zero-order valence-electron chi connectivity index (χ0n) is 22.5. The van der Waals surface area contributed by atoms with E-state index in [2.05, 4.69) is 34.5 Å². The van der Waals surface area contributed by atoms with Crippen molar-refractivity contribution in [2.24, 2.45) is 0 Å². The van der Waals surface area contributed by atoms with Crippen LogP contribution in [0, 0.1) is 0 Å². The minimum absolute atomic E-state index is 0.0743. The van der Waals surface area contributed by atoms with E-state index in [4.69, 9.17) is 16.3 Å². The molecule has 0 radical (unpaired) electrons. The van der Waals surface area contributed by atoms with Gasteiger partial charge < -0.3 is 4.74 Å². The lowest BCUT2D eigenvalue weighted by Crippen LogP contribution is -2.54. The van der Waals surface area contributed by atoms with Crippen LogP contribution in [0.25, 0.3) is 0 Å². The third-order valence-corrected chi connectivity index (χ3v) is 8.43. The van der Waals surface area contributed by atoms with Gasteiger partial charge in [0.25, 0.3) is 11.8 Å². The zero-order valence-corrected chi connectivity index (χ0v) is 23.2. The summed E-state index contributed by atoms with van der Waals surface area (Å²) in [5, 5.41) is 2.98. The van der Waals surface area contributed by atoms with Crippen LogP contribution in [0.4, 0.5) is 0 Å². The largest absolute Gasteiger partial charge is 0.488 e. The summed E-state index contributed by atoms with van der Waals surface area (Å²) in [6.45, 7) is 3.19. The van der Waals surface area contributed by atoms with Crippen molar-refractivity contribution in [1.29, 1.82) is 0 Å². The number of fused-ring (bicyclic) bond motifs is 1. The lowest BCUT2D eigenvalue weighted by molar-refractivity contribution is -0.136. The van der Waals surface area contributed by atoms with Crippen LogP contribution < -0.4 is 10.1 Å². The number of imide groups is 2. The summed E-state index contributed by atoms with van der Waals surface area (Å²) in [4.78, 5) is 53.6. The number of hydrogen-bond acceptors (Lipinski definition) is 6. The van der Waals surface area contributed by atoms with Crippen molar-refractivity contribution in [2.45, 2.75) is 50.8 Å². The van der Waals surface area contributed by atoms with Crippen LogP contribution in [-0.2, 0) is 22.7 Å². The van der Waals surface area contributed by atoms with Crippen LogP contribution in [0.15, 0.2) is 66.7 Å². The summed E-state index contributed by atoms with van der Waals surface area (Å²) in [6, 6.07) is 20.3. The van der Waals surface area contributed by atoms with Crippen molar-refractivity contribution in [3.05, 3.63) is 99.6 Å². The molecule has 0 bridgehead atoms. The Morgan fingerprint density at radius 3 is 2.24 bits per heavy atom. The number of piperidine rings is 2. The summed E-state index contributed by atoms with van der Waals surface area (Å²) in [5.41, 5.74) is 3.87. The van der Waals surface area contributed by atoms with Crippen molar-refractivity contribution in [3.8, 4) is 5.75 Å². The summed E-state index contributed by atoms with van der Waals surface area (Å²) < 4.78 is 6.01. The molecule has 3 aliphatic rings. The number of benzene rings is 3. The van der Waals surface area contributed by atoms with Crippen molar-refractivity contribution in [1.82, 2.24) is 15.1 Å². The molecule has 4 amide bonds. The molecule has 3 aliphatic heterocycles. The Morgan fingerprint density at radius 2 is 1.54 bits per heavy atom. The van der Waals surface area contributed by atoms with Crippen LogP contribution in [0.2, 0.25) is 5.02 Å². The first-order valence-electron chi connectivity index (χ1n) is 13.9. The molecule has 0 saturated carbocycles. The number of carbonyl (C=O) groups is 4.